The maximum atomic E-state index is 12.4. The van der Waals surface area contributed by atoms with Gasteiger partial charge in [-0.2, -0.15) is 0 Å². The monoisotopic (exact) mass is 308 g/mol. The first-order valence-electron chi connectivity index (χ1n) is 7.54. The first-order chi connectivity index (χ1) is 11.1. The first-order valence-corrected chi connectivity index (χ1v) is 7.54. The van der Waals surface area contributed by atoms with Gasteiger partial charge >= 0.3 is 5.97 Å². The Morgan fingerprint density at radius 2 is 1.74 bits per heavy atom. The first kappa shape index (κ1) is 15.2. The average Bonchev–Trinajstić information content (AvgIpc) is 2.94. The molecule has 0 aromatic heterocycles. The minimum absolute atomic E-state index is 0.0420. The number of Topliss-reactive ketones (excluding diaryl/α,β-unsaturated/α-hetero) is 2. The second kappa shape index (κ2) is 6.16. The van der Waals surface area contributed by atoms with E-state index in [0.717, 1.165) is 5.56 Å². The van der Waals surface area contributed by atoms with E-state index in [1.54, 1.807) is 48.5 Å². The number of benzene rings is 2. The molecule has 0 spiro atoms. The van der Waals surface area contributed by atoms with Crippen molar-refractivity contribution in [3.8, 4) is 0 Å². The Kier molecular flexibility index (Phi) is 4.06. The average molecular weight is 308 g/mol. The van der Waals surface area contributed by atoms with Gasteiger partial charge < -0.3 is 5.11 Å². The van der Waals surface area contributed by atoms with Crippen molar-refractivity contribution in [2.45, 2.75) is 25.2 Å². The molecule has 116 valence electrons. The highest BCUT2D eigenvalue weighted by Gasteiger charge is 2.30. The van der Waals surface area contributed by atoms with Crippen LogP contribution in [0.2, 0.25) is 0 Å². The van der Waals surface area contributed by atoms with E-state index >= 15 is 0 Å². The van der Waals surface area contributed by atoms with Crippen molar-refractivity contribution in [1.82, 2.24) is 0 Å². The third-order valence-corrected chi connectivity index (χ3v) is 4.27. The number of rotatable bonds is 5. The highest BCUT2D eigenvalue weighted by Crippen LogP contribution is 2.32. The van der Waals surface area contributed by atoms with Crippen molar-refractivity contribution in [1.29, 1.82) is 0 Å². The van der Waals surface area contributed by atoms with Gasteiger partial charge in [0.2, 0.25) is 0 Å². The zero-order valence-electron chi connectivity index (χ0n) is 12.5. The Morgan fingerprint density at radius 1 is 1.00 bits per heavy atom. The Balaban J connectivity index is 1.94. The SMILES string of the molecule is O=C(CC(C(=O)O)c1cccc2c1CCC2=O)c1ccccc1. The van der Waals surface area contributed by atoms with Crippen LogP contribution in [0, 0.1) is 0 Å². The molecule has 0 bridgehead atoms. The summed E-state index contributed by atoms with van der Waals surface area (Å²) in [5.41, 5.74) is 2.47. The smallest absolute Gasteiger partial charge is 0.311 e. The van der Waals surface area contributed by atoms with Gasteiger partial charge in [0.05, 0.1) is 5.92 Å². The van der Waals surface area contributed by atoms with Gasteiger partial charge in [-0.05, 0) is 17.5 Å². The zero-order valence-corrected chi connectivity index (χ0v) is 12.5. The lowest BCUT2D eigenvalue weighted by atomic mass is 9.87. The molecule has 0 aliphatic heterocycles. The van der Waals surface area contributed by atoms with Gasteiger partial charge in [-0.3, -0.25) is 14.4 Å². The molecule has 0 heterocycles. The maximum absolute atomic E-state index is 12.4. The van der Waals surface area contributed by atoms with E-state index in [1.807, 2.05) is 0 Å². The fourth-order valence-corrected chi connectivity index (χ4v) is 3.10. The highest BCUT2D eigenvalue weighted by atomic mass is 16.4. The van der Waals surface area contributed by atoms with E-state index < -0.39 is 11.9 Å². The standard InChI is InChI=1S/C19H16O4/c20-17-10-9-14-13(7-4-8-15(14)17)16(19(22)23)11-18(21)12-5-2-1-3-6-12/h1-8,16H,9-11H2,(H,22,23). The molecular weight excluding hydrogens is 292 g/mol. The predicted octanol–water partition coefficient (Wildman–Crippen LogP) is 3.26. The molecule has 1 unspecified atom stereocenters. The second-order valence-corrected chi connectivity index (χ2v) is 5.68. The number of hydrogen-bond donors (Lipinski definition) is 1. The molecule has 1 aliphatic rings. The summed E-state index contributed by atoms with van der Waals surface area (Å²) < 4.78 is 0. The number of aliphatic carboxylic acids is 1. The molecule has 0 radical (unpaired) electrons. The molecule has 2 aromatic carbocycles. The van der Waals surface area contributed by atoms with Crippen LogP contribution >= 0.6 is 0 Å². The molecule has 4 heteroatoms. The molecule has 1 N–H and O–H groups in total. The summed E-state index contributed by atoms with van der Waals surface area (Å²) in [7, 11) is 0. The summed E-state index contributed by atoms with van der Waals surface area (Å²) in [6.45, 7) is 0. The molecular formula is C19H16O4. The van der Waals surface area contributed by atoms with Crippen LogP contribution in [-0.2, 0) is 11.2 Å². The quantitative estimate of drug-likeness (QED) is 0.861. The second-order valence-electron chi connectivity index (χ2n) is 5.68. The minimum atomic E-state index is -1.04. The van der Waals surface area contributed by atoms with E-state index in [-0.39, 0.29) is 18.0 Å². The van der Waals surface area contributed by atoms with Crippen LogP contribution in [0.25, 0.3) is 0 Å². The molecule has 1 atom stereocenters. The van der Waals surface area contributed by atoms with E-state index in [0.29, 0.717) is 29.5 Å². The molecule has 3 rings (SSSR count). The summed E-state index contributed by atoms with van der Waals surface area (Å²) >= 11 is 0. The van der Waals surface area contributed by atoms with Crippen molar-refractivity contribution >= 4 is 17.5 Å². The topological polar surface area (TPSA) is 71.4 Å². The lowest BCUT2D eigenvalue weighted by Crippen LogP contribution is -2.18. The van der Waals surface area contributed by atoms with Crippen molar-refractivity contribution < 1.29 is 19.5 Å². The molecule has 1 aliphatic carbocycles. The van der Waals surface area contributed by atoms with Crippen molar-refractivity contribution in [3.05, 3.63) is 70.8 Å². The molecule has 0 saturated carbocycles. The summed E-state index contributed by atoms with van der Waals surface area (Å²) in [6.07, 6.45) is 0.850. The van der Waals surface area contributed by atoms with Crippen LogP contribution < -0.4 is 0 Å². The normalized spacial score (nSPS) is 14.3. The van der Waals surface area contributed by atoms with E-state index in [2.05, 4.69) is 0 Å². The fraction of sp³-hybridized carbons (Fsp3) is 0.211. The number of carboxylic acid groups (broad SMARTS) is 1. The summed E-state index contributed by atoms with van der Waals surface area (Å²) in [5, 5.41) is 9.58. The van der Waals surface area contributed by atoms with Gasteiger partial charge in [0.1, 0.15) is 0 Å². The molecule has 0 saturated heterocycles. The lowest BCUT2D eigenvalue weighted by Gasteiger charge is -2.16. The number of carbonyl (C=O) groups is 3. The molecule has 0 fully saturated rings. The van der Waals surface area contributed by atoms with Crippen molar-refractivity contribution in [2.24, 2.45) is 0 Å². The molecule has 2 aromatic rings. The number of fused-ring (bicyclic) bond motifs is 1. The third kappa shape index (κ3) is 2.93. The third-order valence-electron chi connectivity index (χ3n) is 4.27. The summed E-state index contributed by atoms with van der Waals surface area (Å²) in [6, 6.07) is 13.8. The highest BCUT2D eigenvalue weighted by molar-refractivity contribution is 6.02. The maximum Gasteiger partial charge on any atom is 0.311 e. The van der Waals surface area contributed by atoms with Gasteiger partial charge in [-0.1, -0.05) is 48.5 Å². The Bertz CT molecular complexity index is 777. The predicted molar refractivity (Wildman–Crippen MR) is 84.9 cm³/mol. The number of carboxylic acids is 1. The van der Waals surface area contributed by atoms with Crippen LogP contribution in [0.4, 0.5) is 0 Å². The molecule has 4 nitrogen and oxygen atoms in total. The van der Waals surface area contributed by atoms with E-state index in [4.69, 9.17) is 0 Å². The Labute approximate surface area is 133 Å². The Hall–Kier alpha value is -2.75. The van der Waals surface area contributed by atoms with Gasteiger partial charge in [0.25, 0.3) is 0 Å². The van der Waals surface area contributed by atoms with Crippen LogP contribution in [0.5, 0.6) is 0 Å². The van der Waals surface area contributed by atoms with Gasteiger partial charge in [0.15, 0.2) is 11.6 Å². The van der Waals surface area contributed by atoms with Crippen LogP contribution in [-0.4, -0.2) is 22.6 Å². The summed E-state index contributed by atoms with van der Waals surface area (Å²) in [5.74, 6) is -2.13. The van der Waals surface area contributed by atoms with Gasteiger partial charge in [0, 0.05) is 24.0 Å². The number of carbonyl (C=O) groups excluding carboxylic acids is 2. The van der Waals surface area contributed by atoms with Crippen LogP contribution in [0.15, 0.2) is 48.5 Å². The number of ketones is 2. The van der Waals surface area contributed by atoms with Crippen molar-refractivity contribution in [2.75, 3.05) is 0 Å². The molecule has 0 amide bonds. The van der Waals surface area contributed by atoms with Crippen LogP contribution in [0.1, 0.15) is 50.6 Å². The van der Waals surface area contributed by atoms with Gasteiger partial charge in [-0.25, -0.2) is 0 Å². The lowest BCUT2D eigenvalue weighted by molar-refractivity contribution is -0.138. The van der Waals surface area contributed by atoms with E-state index in [9.17, 15) is 19.5 Å². The molecule has 23 heavy (non-hydrogen) atoms. The number of hydrogen-bond acceptors (Lipinski definition) is 3. The van der Waals surface area contributed by atoms with Crippen LogP contribution in [0.3, 0.4) is 0 Å². The Morgan fingerprint density at radius 3 is 2.43 bits per heavy atom. The van der Waals surface area contributed by atoms with Crippen molar-refractivity contribution in [3.63, 3.8) is 0 Å². The largest absolute Gasteiger partial charge is 0.481 e. The summed E-state index contributed by atoms with van der Waals surface area (Å²) in [4.78, 5) is 35.9. The zero-order chi connectivity index (χ0) is 16.4. The fourth-order valence-electron chi connectivity index (χ4n) is 3.10. The minimum Gasteiger partial charge on any atom is -0.481 e. The van der Waals surface area contributed by atoms with E-state index in [1.165, 1.54) is 0 Å². The van der Waals surface area contributed by atoms with Gasteiger partial charge in [-0.15, -0.1) is 0 Å².